The van der Waals surface area contributed by atoms with Gasteiger partial charge in [0.2, 0.25) is 0 Å². The van der Waals surface area contributed by atoms with Gasteiger partial charge in [0.05, 0.1) is 11.8 Å². The average Bonchev–Trinajstić information content (AvgIpc) is 3.07. The number of aldehydes is 1. The molecule has 2 N–H and O–H groups in total. The highest BCUT2D eigenvalue weighted by atomic mass is 16.3. The van der Waals surface area contributed by atoms with Crippen molar-refractivity contribution in [2.45, 2.75) is 45.6 Å². The zero-order chi connectivity index (χ0) is 14.4. The van der Waals surface area contributed by atoms with Gasteiger partial charge < -0.3 is 10.2 Å². The molecular formula is C15H21N3O2. The first kappa shape index (κ1) is 14.4. The fraction of sp³-hybridized carbons (Fsp3) is 0.467. The number of anilines is 1. The second kappa shape index (κ2) is 6.93. The molecule has 0 saturated carbocycles. The minimum Gasteiger partial charge on any atom is -0.463 e. The standard InChI is InChI=1S/C15H21N3O2/c1-2-3-4-5-6-9-18-15(16)12(11-19)14(17-18)13-8-7-10-20-13/h7-8,10-11H,2-6,9,16H2,1H3. The monoisotopic (exact) mass is 275 g/mol. The van der Waals surface area contributed by atoms with Crippen LogP contribution in [0.25, 0.3) is 11.5 Å². The van der Waals surface area contributed by atoms with Crippen molar-refractivity contribution in [2.24, 2.45) is 0 Å². The van der Waals surface area contributed by atoms with E-state index in [-0.39, 0.29) is 0 Å². The molecule has 0 fully saturated rings. The number of carbonyl (C=O) groups excluding carboxylic acids is 1. The van der Waals surface area contributed by atoms with Gasteiger partial charge in [-0.2, -0.15) is 5.10 Å². The van der Waals surface area contributed by atoms with Gasteiger partial charge in [-0.15, -0.1) is 0 Å². The van der Waals surface area contributed by atoms with E-state index in [0.717, 1.165) is 25.7 Å². The lowest BCUT2D eigenvalue weighted by Crippen LogP contribution is -2.05. The molecule has 0 radical (unpaired) electrons. The number of aryl methyl sites for hydroxylation is 1. The molecule has 0 saturated heterocycles. The van der Waals surface area contributed by atoms with Gasteiger partial charge in [-0.05, 0) is 18.6 Å². The van der Waals surface area contributed by atoms with E-state index < -0.39 is 0 Å². The smallest absolute Gasteiger partial charge is 0.156 e. The van der Waals surface area contributed by atoms with Gasteiger partial charge in [-0.25, -0.2) is 4.68 Å². The first-order valence-corrected chi connectivity index (χ1v) is 7.13. The van der Waals surface area contributed by atoms with Crippen LogP contribution in [0.4, 0.5) is 5.82 Å². The van der Waals surface area contributed by atoms with Crippen LogP contribution in [0.2, 0.25) is 0 Å². The Morgan fingerprint density at radius 3 is 2.80 bits per heavy atom. The third-order valence-electron chi connectivity index (χ3n) is 3.38. The molecule has 2 rings (SSSR count). The molecule has 0 aliphatic heterocycles. The normalized spacial score (nSPS) is 10.8. The lowest BCUT2D eigenvalue weighted by Gasteiger charge is -2.03. The van der Waals surface area contributed by atoms with Crippen molar-refractivity contribution in [1.29, 1.82) is 0 Å². The van der Waals surface area contributed by atoms with E-state index in [1.807, 2.05) is 0 Å². The average molecular weight is 275 g/mol. The summed E-state index contributed by atoms with van der Waals surface area (Å²) in [6, 6.07) is 3.55. The molecule has 0 unspecified atom stereocenters. The van der Waals surface area contributed by atoms with E-state index in [4.69, 9.17) is 10.2 Å². The van der Waals surface area contributed by atoms with Crippen LogP contribution in [0.3, 0.4) is 0 Å². The van der Waals surface area contributed by atoms with Crippen molar-refractivity contribution in [3.05, 3.63) is 24.0 Å². The van der Waals surface area contributed by atoms with E-state index in [9.17, 15) is 4.79 Å². The topological polar surface area (TPSA) is 74.0 Å². The Bertz CT molecular complexity index is 544. The maximum Gasteiger partial charge on any atom is 0.156 e. The number of nitrogens with zero attached hydrogens (tertiary/aromatic N) is 2. The number of hydrogen-bond acceptors (Lipinski definition) is 4. The van der Waals surface area contributed by atoms with Crippen LogP contribution in [0.15, 0.2) is 22.8 Å². The van der Waals surface area contributed by atoms with Gasteiger partial charge in [-0.3, -0.25) is 4.79 Å². The number of nitrogen functional groups attached to an aromatic ring is 1. The molecule has 0 atom stereocenters. The fourth-order valence-corrected chi connectivity index (χ4v) is 2.24. The lowest BCUT2D eigenvalue weighted by atomic mass is 10.1. The van der Waals surface area contributed by atoms with Crippen LogP contribution in [-0.2, 0) is 6.54 Å². The minimum atomic E-state index is 0.411. The number of aromatic nitrogens is 2. The third-order valence-corrected chi connectivity index (χ3v) is 3.38. The quantitative estimate of drug-likeness (QED) is 0.591. The van der Waals surface area contributed by atoms with Gasteiger partial charge in [0.15, 0.2) is 12.0 Å². The molecule has 2 aromatic heterocycles. The van der Waals surface area contributed by atoms with Crippen molar-refractivity contribution in [3.63, 3.8) is 0 Å². The van der Waals surface area contributed by atoms with Crippen molar-refractivity contribution in [2.75, 3.05) is 5.73 Å². The second-order valence-electron chi connectivity index (χ2n) is 4.88. The van der Waals surface area contributed by atoms with Gasteiger partial charge in [0, 0.05) is 6.54 Å². The van der Waals surface area contributed by atoms with E-state index in [1.165, 1.54) is 19.3 Å². The highest BCUT2D eigenvalue weighted by Gasteiger charge is 2.18. The molecule has 0 aromatic carbocycles. The molecule has 5 nitrogen and oxygen atoms in total. The summed E-state index contributed by atoms with van der Waals surface area (Å²) in [5.41, 5.74) is 6.92. The summed E-state index contributed by atoms with van der Waals surface area (Å²) < 4.78 is 7.00. The number of carbonyl (C=O) groups is 1. The number of unbranched alkanes of at least 4 members (excludes halogenated alkanes) is 4. The first-order chi connectivity index (χ1) is 9.77. The predicted molar refractivity (Wildman–Crippen MR) is 78.5 cm³/mol. The maximum absolute atomic E-state index is 11.2. The molecule has 108 valence electrons. The van der Waals surface area contributed by atoms with Gasteiger partial charge in [-0.1, -0.05) is 32.6 Å². The zero-order valence-corrected chi connectivity index (χ0v) is 11.8. The molecule has 0 bridgehead atoms. The highest BCUT2D eigenvalue weighted by Crippen LogP contribution is 2.26. The van der Waals surface area contributed by atoms with E-state index in [2.05, 4.69) is 12.0 Å². The molecule has 5 heteroatoms. The summed E-state index contributed by atoms with van der Waals surface area (Å²) in [6.45, 7) is 2.93. The first-order valence-electron chi connectivity index (χ1n) is 7.13. The highest BCUT2D eigenvalue weighted by molar-refractivity contribution is 5.90. The zero-order valence-electron chi connectivity index (χ0n) is 11.8. The van der Waals surface area contributed by atoms with Crippen molar-refractivity contribution in [1.82, 2.24) is 9.78 Å². The summed E-state index contributed by atoms with van der Waals surface area (Å²) in [6.07, 6.45) is 8.18. The predicted octanol–water partition coefficient (Wildman–Crippen LogP) is 3.51. The van der Waals surface area contributed by atoms with Gasteiger partial charge in [0.1, 0.15) is 11.5 Å². The van der Waals surface area contributed by atoms with Crippen molar-refractivity contribution >= 4 is 12.1 Å². The van der Waals surface area contributed by atoms with Crippen LogP contribution >= 0.6 is 0 Å². The van der Waals surface area contributed by atoms with Gasteiger partial charge in [0.25, 0.3) is 0 Å². The Kier molecular flexibility index (Phi) is 4.98. The molecule has 0 aliphatic rings. The lowest BCUT2D eigenvalue weighted by molar-refractivity contribution is 0.112. The van der Waals surface area contributed by atoms with E-state index in [0.29, 0.717) is 22.8 Å². The van der Waals surface area contributed by atoms with Crippen molar-refractivity contribution in [3.8, 4) is 11.5 Å². The Morgan fingerprint density at radius 2 is 2.15 bits per heavy atom. The largest absolute Gasteiger partial charge is 0.463 e. The summed E-state index contributed by atoms with van der Waals surface area (Å²) >= 11 is 0. The Morgan fingerprint density at radius 1 is 1.35 bits per heavy atom. The van der Waals surface area contributed by atoms with E-state index >= 15 is 0 Å². The summed E-state index contributed by atoms with van der Waals surface area (Å²) in [5, 5.41) is 4.41. The summed E-state index contributed by atoms with van der Waals surface area (Å²) in [4.78, 5) is 11.2. The number of nitrogens with two attached hydrogens (primary N) is 1. The van der Waals surface area contributed by atoms with E-state index in [1.54, 1.807) is 23.1 Å². The Balaban J connectivity index is 2.08. The molecule has 0 aliphatic carbocycles. The number of furan rings is 1. The molecular weight excluding hydrogens is 254 g/mol. The van der Waals surface area contributed by atoms with Crippen LogP contribution in [0.1, 0.15) is 49.4 Å². The summed E-state index contributed by atoms with van der Waals surface area (Å²) in [7, 11) is 0. The molecule has 2 aromatic rings. The van der Waals surface area contributed by atoms with Crippen LogP contribution in [0, 0.1) is 0 Å². The molecule has 0 spiro atoms. The second-order valence-corrected chi connectivity index (χ2v) is 4.88. The van der Waals surface area contributed by atoms with Crippen LogP contribution in [0.5, 0.6) is 0 Å². The fourth-order valence-electron chi connectivity index (χ4n) is 2.24. The molecule has 2 heterocycles. The summed E-state index contributed by atoms with van der Waals surface area (Å²) in [5.74, 6) is 0.991. The molecule has 20 heavy (non-hydrogen) atoms. The SMILES string of the molecule is CCCCCCCn1nc(-c2ccco2)c(C=O)c1N. The maximum atomic E-state index is 11.2. The van der Waals surface area contributed by atoms with Crippen LogP contribution in [-0.4, -0.2) is 16.1 Å². The van der Waals surface area contributed by atoms with Crippen molar-refractivity contribution < 1.29 is 9.21 Å². The number of hydrogen-bond donors (Lipinski definition) is 1. The minimum absolute atomic E-state index is 0.411. The molecule has 0 amide bonds. The van der Waals surface area contributed by atoms with Gasteiger partial charge >= 0.3 is 0 Å². The third kappa shape index (κ3) is 3.10. The number of rotatable bonds is 8. The van der Waals surface area contributed by atoms with Crippen LogP contribution < -0.4 is 5.73 Å². The Labute approximate surface area is 118 Å². The Hall–Kier alpha value is -2.04.